The average molecular weight is 439 g/mol. The number of hydrogen-bond donors (Lipinski definition) is 0. The molecule has 1 aromatic heterocycles. The number of nitrogens with zero attached hydrogens (tertiary/aromatic N) is 2. The highest BCUT2D eigenvalue weighted by atomic mass is 35.5. The largest absolute Gasteiger partial charge is 0.496 e. The molecule has 1 amide bonds. The van der Waals surface area contributed by atoms with E-state index in [9.17, 15) is 4.79 Å². The van der Waals surface area contributed by atoms with Gasteiger partial charge < -0.3 is 18.8 Å². The van der Waals surface area contributed by atoms with Gasteiger partial charge in [0.2, 0.25) is 0 Å². The van der Waals surface area contributed by atoms with Crippen LogP contribution < -0.4 is 9.54 Å². The van der Waals surface area contributed by atoms with Crippen molar-refractivity contribution in [3.63, 3.8) is 0 Å². The van der Waals surface area contributed by atoms with E-state index in [1.807, 2.05) is 24.6 Å². The van der Waals surface area contributed by atoms with Crippen LogP contribution in [0, 0.1) is 0 Å². The van der Waals surface area contributed by atoms with E-state index in [0.29, 0.717) is 34.3 Å². The van der Waals surface area contributed by atoms with E-state index < -0.39 is 11.7 Å². The summed E-state index contributed by atoms with van der Waals surface area (Å²) in [6.07, 6.45) is 1.93. The van der Waals surface area contributed by atoms with Crippen LogP contribution >= 0.6 is 22.9 Å². The van der Waals surface area contributed by atoms with Gasteiger partial charge in [-0.25, -0.2) is 0 Å². The van der Waals surface area contributed by atoms with Crippen molar-refractivity contribution in [2.45, 2.75) is 58.5 Å². The third-order valence-corrected chi connectivity index (χ3v) is 6.20. The monoisotopic (exact) mass is 438 g/mol. The number of amides is 1. The first-order valence-electron chi connectivity index (χ1n) is 9.43. The van der Waals surface area contributed by atoms with E-state index in [1.165, 1.54) is 18.4 Å². The maximum Gasteiger partial charge on any atom is 0.283 e. The van der Waals surface area contributed by atoms with Crippen LogP contribution in [0.15, 0.2) is 29.4 Å². The first kappa shape index (κ1) is 22.0. The van der Waals surface area contributed by atoms with Gasteiger partial charge in [-0.3, -0.25) is 4.79 Å². The number of methoxy groups -OCH3 is 1. The average Bonchev–Trinajstić information content (AvgIpc) is 3.17. The molecule has 1 aromatic carbocycles. The standard InChI is InChI=1S/C21H27ClN2O4S/c1-20(2,3)17-11-24(10-14-12-27-21(4,5)28-14)19(29-17)23-18(25)15-9-13(22)7-8-16(15)26-6/h7-9,11,14H,10,12H2,1-6H3/b23-19-/t14-/m1/s1. The van der Waals surface area contributed by atoms with Crippen molar-refractivity contribution in [2.75, 3.05) is 13.7 Å². The molecule has 0 aliphatic carbocycles. The van der Waals surface area contributed by atoms with Gasteiger partial charge in [-0.15, -0.1) is 11.3 Å². The number of hydrogen-bond acceptors (Lipinski definition) is 5. The molecule has 8 heteroatoms. The molecule has 2 aromatic rings. The molecule has 0 spiro atoms. The second-order valence-corrected chi connectivity index (χ2v) is 9.94. The van der Waals surface area contributed by atoms with Crippen molar-refractivity contribution in [2.24, 2.45) is 4.99 Å². The van der Waals surface area contributed by atoms with Crippen LogP contribution in [0.25, 0.3) is 0 Å². The van der Waals surface area contributed by atoms with E-state index in [1.54, 1.807) is 18.2 Å². The fraction of sp³-hybridized carbons (Fsp3) is 0.524. The van der Waals surface area contributed by atoms with E-state index >= 15 is 0 Å². The highest BCUT2D eigenvalue weighted by molar-refractivity contribution is 7.09. The zero-order valence-electron chi connectivity index (χ0n) is 17.6. The second kappa shape index (κ2) is 8.22. The van der Waals surface area contributed by atoms with Crippen LogP contribution in [-0.2, 0) is 21.4 Å². The molecule has 1 fully saturated rings. The predicted octanol–water partition coefficient (Wildman–Crippen LogP) is 4.40. The van der Waals surface area contributed by atoms with Crippen LogP contribution in [0.1, 0.15) is 49.9 Å². The smallest absolute Gasteiger partial charge is 0.283 e. The second-order valence-electron chi connectivity index (χ2n) is 8.49. The summed E-state index contributed by atoms with van der Waals surface area (Å²) < 4.78 is 18.9. The van der Waals surface area contributed by atoms with Gasteiger partial charge in [0.1, 0.15) is 11.9 Å². The fourth-order valence-corrected chi connectivity index (χ4v) is 4.24. The van der Waals surface area contributed by atoms with Crippen molar-refractivity contribution >= 4 is 28.8 Å². The molecule has 3 rings (SSSR count). The normalized spacial score (nSPS) is 19.6. The van der Waals surface area contributed by atoms with Crippen molar-refractivity contribution in [3.8, 4) is 5.75 Å². The van der Waals surface area contributed by atoms with Gasteiger partial charge in [-0.05, 0) is 37.5 Å². The van der Waals surface area contributed by atoms with Crippen LogP contribution in [0.3, 0.4) is 0 Å². The number of aromatic nitrogens is 1. The van der Waals surface area contributed by atoms with Gasteiger partial charge in [-0.2, -0.15) is 4.99 Å². The Morgan fingerprint density at radius 3 is 2.72 bits per heavy atom. The summed E-state index contributed by atoms with van der Waals surface area (Å²) >= 11 is 7.57. The minimum Gasteiger partial charge on any atom is -0.496 e. The van der Waals surface area contributed by atoms with E-state index in [4.69, 9.17) is 25.8 Å². The van der Waals surface area contributed by atoms with Gasteiger partial charge >= 0.3 is 0 Å². The Labute approximate surface area is 180 Å². The maximum atomic E-state index is 12.9. The van der Waals surface area contributed by atoms with Crippen LogP contribution in [0.4, 0.5) is 0 Å². The van der Waals surface area contributed by atoms with E-state index in [2.05, 4.69) is 25.8 Å². The van der Waals surface area contributed by atoms with Crippen LogP contribution in [0.5, 0.6) is 5.75 Å². The molecular formula is C21H27ClN2O4S. The summed E-state index contributed by atoms with van der Waals surface area (Å²) in [6.45, 7) is 11.2. The van der Waals surface area contributed by atoms with Crippen molar-refractivity contribution in [1.82, 2.24) is 4.57 Å². The third-order valence-electron chi connectivity index (χ3n) is 4.52. The van der Waals surface area contributed by atoms with E-state index in [0.717, 1.165) is 4.88 Å². The minimum atomic E-state index is -0.602. The number of rotatable bonds is 4. The van der Waals surface area contributed by atoms with Gasteiger partial charge in [-0.1, -0.05) is 32.4 Å². The summed E-state index contributed by atoms with van der Waals surface area (Å²) in [5.41, 5.74) is 0.266. The Morgan fingerprint density at radius 1 is 1.41 bits per heavy atom. The lowest BCUT2D eigenvalue weighted by atomic mass is 9.95. The molecule has 0 unspecified atom stereocenters. The Hall–Kier alpha value is -1.67. The number of carbonyl (C=O) groups excluding carboxylic acids is 1. The molecule has 6 nitrogen and oxygen atoms in total. The molecule has 158 valence electrons. The first-order chi connectivity index (χ1) is 13.5. The van der Waals surface area contributed by atoms with Gasteiger partial charge in [0, 0.05) is 16.1 Å². The first-order valence-corrected chi connectivity index (χ1v) is 10.6. The Morgan fingerprint density at radius 2 is 2.14 bits per heavy atom. The highest BCUT2D eigenvalue weighted by Gasteiger charge is 2.33. The lowest BCUT2D eigenvalue weighted by molar-refractivity contribution is -0.139. The van der Waals surface area contributed by atoms with Crippen LogP contribution in [-0.4, -0.2) is 36.1 Å². The third kappa shape index (κ3) is 5.28. The molecule has 1 aliphatic rings. The topological polar surface area (TPSA) is 62.0 Å². The van der Waals surface area contributed by atoms with Crippen molar-refractivity contribution < 1.29 is 19.0 Å². The highest BCUT2D eigenvalue weighted by Crippen LogP contribution is 2.27. The molecule has 0 N–H and O–H groups in total. The summed E-state index contributed by atoms with van der Waals surface area (Å²) in [7, 11) is 1.52. The molecule has 0 bridgehead atoms. The Kier molecular flexibility index (Phi) is 6.24. The summed E-state index contributed by atoms with van der Waals surface area (Å²) in [4.78, 5) is 19.1. The van der Waals surface area contributed by atoms with E-state index in [-0.39, 0.29) is 11.5 Å². The van der Waals surface area contributed by atoms with Gasteiger partial charge in [0.05, 0.1) is 25.8 Å². The molecule has 1 aliphatic heterocycles. The minimum absolute atomic E-state index is 0.0662. The number of halogens is 1. The SMILES string of the molecule is COc1ccc(Cl)cc1C(=O)/N=c1\sc(C(C)(C)C)cn1C[C@@H]1COC(C)(C)O1. The molecule has 1 saturated heterocycles. The number of ether oxygens (including phenoxy) is 3. The zero-order valence-corrected chi connectivity index (χ0v) is 19.2. The Balaban J connectivity index is 2.00. The number of benzene rings is 1. The summed E-state index contributed by atoms with van der Waals surface area (Å²) in [6, 6.07) is 4.92. The molecule has 1 atom stereocenters. The Bertz CT molecular complexity index is 972. The summed E-state index contributed by atoms with van der Waals surface area (Å²) in [5.74, 6) is -0.559. The lowest BCUT2D eigenvalue weighted by Crippen LogP contribution is -2.27. The van der Waals surface area contributed by atoms with Gasteiger partial charge in [0.25, 0.3) is 5.91 Å². The quantitative estimate of drug-likeness (QED) is 0.709. The molecular weight excluding hydrogens is 412 g/mol. The molecule has 0 saturated carbocycles. The van der Waals surface area contributed by atoms with Gasteiger partial charge in [0.15, 0.2) is 10.6 Å². The van der Waals surface area contributed by atoms with Crippen LogP contribution in [0.2, 0.25) is 5.02 Å². The number of carbonyl (C=O) groups is 1. The van der Waals surface area contributed by atoms with Crippen molar-refractivity contribution in [3.05, 3.63) is 44.7 Å². The fourth-order valence-electron chi connectivity index (χ4n) is 3.01. The maximum absolute atomic E-state index is 12.9. The molecule has 0 radical (unpaired) electrons. The summed E-state index contributed by atoms with van der Waals surface area (Å²) in [5, 5.41) is 0.456. The van der Waals surface area contributed by atoms with Crippen molar-refractivity contribution in [1.29, 1.82) is 0 Å². The predicted molar refractivity (Wildman–Crippen MR) is 114 cm³/mol. The molecule has 29 heavy (non-hydrogen) atoms. The zero-order chi connectivity index (χ0) is 21.4. The molecule has 2 heterocycles. The number of thiazole rings is 1. The lowest BCUT2D eigenvalue weighted by Gasteiger charge is -2.17.